The molecule has 1 N–H and O–H groups in total. The van der Waals surface area contributed by atoms with Crippen molar-refractivity contribution < 1.29 is 4.79 Å². The third-order valence-corrected chi connectivity index (χ3v) is 3.59. The predicted octanol–water partition coefficient (Wildman–Crippen LogP) is 3.52. The van der Waals surface area contributed by atoms with Crippen LogP contribution in [0.3, 0.4) is 0 Å². The van der Waals surface area contributed by atoms with Crippen LogP contribution in [0.4, 0.5) is 5.69 Å². The number of H-pyrrole nitrogens is 1. The summed E-state index contributed by atoms with van der Waals surface area (Å²) in [5.74, 6) is 2.05. The second-order valence-corrected chi connectivity index (χ2v) is 4.70. The molecular formula is C17H10N2O. The number of aromatic amines is 1. The Kier molecular flexibility index (Phi) is 2.22. The first kappa shape index (κ1) is 11.0. The molecule has 1 aliphatic heterocycles. The fourth-order valence-electron chi connectivity index (χ4n) is 2.65. The smallest absolute Gasteiger partial charge is 0.135 e. The van der Waals surface area contributed by atoms with Crippen molar-refractivity contribution >= 4 is 33.8 Å². The molecule has 1 aliphatic rings. The molecule has 0 radical (unpaired) electrons. The highest BCUT2D eigenvalue weighted by atomic mass is 16.1. The quantitative estimate of drug-likeness (QED) is 0.667. The van der Waals surface area contributed by atoms with E-state index in [1.807, 2.05) is 60.7 Å². The lowest BCUT2D eigenvalue weighted by atomic mass is 9.99. The number of aliphatic imine (C=N–C) groups is 1. The molecule has 0 fully saturated rings. The highest BCUT2D eigenvalue weighted by molar-refractivity contribution is 6.43. The molecule has 0 saturated carbocycles. The SMILES string of the molecule is O=C=C1C(c2c[nH]c3ccccc23)=Nc2ccccc21. The maximum Gasteiger partial charge on any atom is 0.135 e. The summed E-state index contributed by atoms with van der Waals surface area (Å²) in [7, 11) is 0. The monoisotopic (exact) mass is 258 g/mol. The summed E-state index contributed by atoms with van der Waals surface area (Å²) in [5.41, 5.74) is 4.87. The molecule has 0 amide bonds. The third-order valence-electron chi connectivity index (χ3n) is 3.59. The maximum atomic E-state index is 11.4. The summed E-state index contributed by atoms with van der Waals surface area (Å²) in [5, 5.41) is 1.06. The Morgan fingerprint density at radius 3 is 2.65 bits per heavy atom. The number of para-hydroxylation sites is 2. The molecule has 20 heavy (non-hydrogen) atoms. The first-order valence-corrected chi connectivity index (χ1v) is 6.38. The summed E-state index contributed by atoms with van der Waals surface area (Å²) in [6.07, 6.45) is 1.90. The van der Waals surface area contributed by atoms with E-state index in [9.17, 15) is 4.79 Å². The van der Waals surface area contributed by atoms with Gasteiger partial charge in [0.2, 0.25) is 0 Å². The molecule has 0 unspecified atom stereocenters. The van der Waals surface area contributed by atoms with Crippen molar-refractivity contribution in [2.75, 3.05) is 0 Å². The zero-order valence-corrected chi connectivity index (χ0v) is 10.6. The minimum absolute atomic E-state index is 0.533. The summed E-state index contributed by atoms with van der Waals surface area (Å²) in [6.45, 7) is 0. The second kappa shape index (κ2) is 4.05. The van der Waals surface area contributed by atoms with Crippen LogP contribution in [-0.4, -0.2) is 16.6 Å². The number of carbonyl (C=O) groups excluding carboxylic acids is 1. The van der Waals surface area contributed by atoms with E-state index < -0.39 is 0 Å². The zero-order chi connectivity index (χ0) is 13.5. The lowest BCUT2D eigenvalue weighted by molar-refractivity contribution is 0.570. The van der Waals surface area contributed by atoms with Crippen molar-refractivity contribution in [1.82, 2.24) is 4.98 Å². The molecule has 0 bridgehead atoms. The molecular weight excluding hydrogens is 248 g/mol. The molecule has 94 valence electrons. The van der Waals surface area contributed by atoms with Gasteiger partial charge in [0, 0.05) is 28.2 Å². The van der Waals surface area contributed by atoms with Crippen LogP contribution in [0.15, 0.2) is 59.7 Å². The molecule has 0 aliphatic carbocycles. The van der Waals surface area contributed by atoms with Gasteiger partial charge in [-0.2, -0.15) is 0 Å². The average Bonchev–Trinajstić information content (AvgIpc) is 3.07. The van der Waals surface area contributed by atoms with Crippen molar-refractivity contribution in [2.24, 2.45) is 4.99 Å². The van der Waals surface area contributed by atoms with Gasteiger partial charge in [0.15, 0.2) is 0 Å². The third kappa shape index (κ3) is 1.41. The number of nitrogens with one attached hydrogen (secondary N) is 1. The van der Waals surface area contributed by atoms with Crippen LogP contribution in [-0.2, 0) is 4.79 Å². The molecule has 3 aromatic rings. The van der Waals surface area contributed by atoms with Crippen LogP contribution in [0.1, 0.15) is 11.1 Å². The van der Waals surface area contributed by atoms with Crippen molar-refractivity contribution in [3.05, 3.63) is 65.9 Å². The lowest BCUT2D eigenvalue weighted by Crippen LogP contribution is -1.99. The lowest BCUT2D eigenvalue weighted by Gasteiger charge is -1.99. The first-order chi connectivity index (χ1) is 9.88. The number of allylic oxidation sites excluding steroid dienone is 1. The van der Waals surface area contributed by atoms with E-state index in [0.717, 1.165) is 27.7 Å². The van der Waals surface area contributed by atoms with Gasteiger partial charge in [0.1, 0.15) is 5.94 Å². The Balaban J connectivity index is 1.99. The largest absolute Gasteiger partial charge is 0.360 e. The Hall–Kier alpha value is -2.90. The highest BCUT2D eigenvalue weighted by Crippen LogP contribution is 2.36. The molecule has 0 saturated heterocycles. The van der Waals surface area contributed by atoms with Crippen LogP contribution in [0, 0.1) is 0 Å². The van der Waals surface area contributed by atoms with Crippen LogP contribution in [0.2, 0.25) is 0 Å². The van der Waals surface area contributed by atoms with Gasteiger partial charge in [-0.25, -0.2) is 9.79 Å². The number of aromatic nitrogens is 1. The van der Waals surface area contributed by atoms with E-state index in [0.29, 0.717) is 11.3 Å². The number of benzene rings is 2. The van der Waals surface area contributed by atoms with Gasteiger partial charge in [-0.1, -0.05) is 36.4 Å². The zero-order valence-electron chi connectivity index (χ0n) is 10.6. The summed E-state index contributed by atoms with van der Waals surface area (Å²) >= 11 is 0. The van der Waals surface area contributed by atoms with Crippen LogP contribution >= 0.6 is 0 Å². The van der Waals surface area contributed by atoms with Gasteiger partial charge in [0.25, 0.3) is 0 Å². The van der Waals surface area contributed by atoms with E-state index in [2.05, 4.69) is 9.98 Å². The van der Waals surface area contributed by atoms with E-state index >= 15 is 0 Å². The molecule has 3 nitrogen and oxygen atoms in total. The molecule has 0 atom stereocenters. The van der Waals surface area contributed by atoms with Gasteiger partial charge in [-0.05, 0) is 12.1 Å². The van der Waals surface area contributed by atoms with Crippen molar-refractivity contribution in [3.63, 3.8) is 0 Å². The summed E-state index contributed by atoms with van der Waals surface area (Å²) in [6, 6.07) is 15.6. The Morgan fingerprint density at radius 2 is 1.75 bits per heavy atom. The van der Waals surface area contributed by atoms with Gasteiger partial charge in [0.05, 0.1) is 17.0 Å². The van der Waals surface area contributed by atoms with Crippen LogP contribution in [0.25, 0.3) is 16.5 Å². The van der Waals surface area contributed by atoms with E-state index in [4.69, 9.17) is 0 Å². The first-order valence-electron chi connectivity index (χ1n) is 6.38. The Morgan fingerprint density at radius 1 is 0.950 bits per heavy atom. The standard InChI is InChI=1S/C17H10N2O/c20-10-14-12-6-2-4-8-16(12)19-17(14)13-9-18-15-7-3-1-5-11(13)15/h1-9,18H. The molecule has 2 heterocycles. The average molecular weight is 258 g/mol. The Labute approximate surface area is 115 Å². The molecule has 2 aromatic carbocycles. The van der Waals surface area contributed by atoms with Gasteiger partial charge in [-0.3, -0.25) is 0 Å². The van der Waals surface area contributed by atoms with Crippen molar-refractivity contribution in [2.45, 2.75) is 0 Å². The summed E-state index contributed by atoms with van der Waals surface area (Å²) in [4.78, 5) is 19.2. The normalized spacial score (nSPS) is 13.2. The summed E-state index contributed by atoms with van der Waals surface area (Å²) < 4.78 is 0. The van der Waals surface area contributed by atoms with E-state index in [1.54, 1.807) is 0 Å². The number of hydrogen-bond donors (Lipinski definition) is 1. The highest BCUT2D eigenvalue weighted by Gasteiger charge is 2.24. The van der Waals surface area contributed by atoms with Crippen LogP contribution < -0.4 is 0 Å². The number of nitrogens with zero attached hydrogens (tertiary/aromatic N) is 1. The minimum Gasteiger partial charge on any atom is -0.360 e. The fraction of sp³-hybridized carbons (Fsp3) is 0. The fourth-order valence-corrected chi connectivity index (χ4v) is 2.65. The van der Waals surface area contributed by atoms with Crippen molar-refractivity contribution in [1.29, 1.82) is 0 Å². The van der Waals surface area contributed by atoms with Crippen molar-refractivity contribution in [3.8, 4) is 0 Å². The molecule has 3 heteroatoms. The van der Waals surface area contributed by atoms with Crippen LogP contribution in [0.5, 0.6) is 0 Å². The number of hydrogen-bond acceptors (Lipinski definition) is 2. The van der Waals surface area contributed by atoms with E-state index in [1.165, 1.54) is 0 Å². The molecule has 4 rings (SSSR count). The van der Waals surface area contributed by atoms with Gasteiger partial charge < -0.3 is 4.98 Å². The topological polar surface area (TPSA) is 45.2 Å². The minimum atomic E-state index is 0.533. The molecule has 0 spiro atoms. The second-order valence-electron chi connectivity index (χ2n) is 4.70. The van der Waals surface area contributed by atoms with E-state index in [-0.39, 0.29) is 0 Å². The Bertz CT molecular complexity index is 911. The number of rotatable bonds is 1. The number of fused-ring (bicyclic) bond motifs is 2. The maximum absolute atomic E-state index is 11.4. The molecule has 1 aromatic heterocycles. The van der Waals surface area contributed by atoms with Gasteiger partial charge >= 0.3 is 0 Å². The predicted molar refractivity (Wildman–Crippen MR) is 80.0 cm³/mol. The van der Waals surface area contributed by atoms with Gasteiger partial charge in [-0.15, -0.1) is 0 Å².